The predicted octanol–water partition coefficient (Wildman–Crippen LogP) is -0.287. The molecule has 0 radical (unpaired) electrons. The van der Waals surface area contributed by atoms with Crippen LogP contribution in [-0.4, -0.2) is 210 Å². The van der Waals surface area contributed by atoms with Crippen molar-refractivity contribution in [1.82, 2.24) is 0 Å². The monoisotopic (exact) mass is 1020 g/mol. The highest BCUT2D eigenvalue weighted by Crippen LogP contribution is 2.67. The van der Waals surface area contributed by atoms with Crippen LogP contribution in [0.4, 0.5) is 0 Å². The standard InChI is InChI=1S/C51H86O20/c1-22(2)8-7-9-23(3)28-12-13-29-27-11-10-25-18-26(14-16-50(25,5)30(27)15-17-51(28,29)6)65-47-41(62)38(59)43(32(20-53)67-47)69-48-42(63)39(60)44(33(21-54)68-48)70-49-45(37(58)35(56)31(19-52)66-49)71-46-40(61)36(57)34(55)24(4)64-46/h10,22-24,26-49,52-63H,7-9,11-21H2,1-6H3/t23-,24+,26+,27+,28-,29+,30+,31-,32-,33-,34+,35-,36-,37+,38-,39-,40-,41-,42-,43-,44+,45-,46+,47-,48+,49-,50+,51-/m1/s1. The summed E-state index contributed by atoms with van der Waals surface area (Å²) in [4.78, 5) is 0. The van der Waals surface area contributed by atoms with Crippen molar-refractivity contribution in [3.8, 4) is 0 Å². The number of rotatable bonds is 16. The maximum absolute atomic E-state index is 11.5. The summed E-state index contributed by atoms with van der Waals surface area (Å²) in [6, 6.07) is 0. The van der Waals surface area contributed by atoms with E-state index >= 15 is 0 Å². The van der Waals surface area contributed by atoms with E-state index < -0.39 is 143 Å². The molecule has 0 amide bonds. The van der Waals surface area contributed by atoms with Crippen LogP contribution in [-0.2, 0) is 37.9 Å². The van der Waals surface area contributed by atoms with Crippen LogP contribution in [0.2, 0.25) is 0 Å². The zero-order valence-corrected chi connectivity index (χ0v) is 42.2. The largest absolute Gasteiger partial charge is 0.394 e. The molecule has 7 fully saturated rings. The first-order valence-electron chi connectivity index (χ1n) is 26.6. The minimum absolute atomic E-state index is 0.0393. The van der Waals surface area contributed by atoms with Gasteiger partial charge in [-0.2, -0.15) is 0 Å². The van der Waals surface area contributed by atoms with Gasteiger partial charge in [0.25, 0.3) is 0 Å². The lowest BCUT2D eigenvalue weighted by atomic mass is 9.47. The maximum Gasteiger partial charge on any atom is 0.187 e. The fraction of sp³-hybridized carbons (Fsp3) is 0.961. The Morgan fingerprint density at radius 1 is 0.563 bits per heavy atom. The molecule has 4 saturated heterocycles. The third kappa shape index (κ3) is 10.8. The summed E-state index contributed by atoms with van der Waals surface area (Å²) < 4.78 is 47.2. The number of hydrogen-bond donors (Lipinski definition) is 12. The lowest BCUT2D eigenvalue weighted by Gasteiger charge is -2.58. The van der Waals surface area contributed by atoms with Gasteiger partial charge in [0.05, 0.1) is 32.0 Å². The molecule has 8 aliphatic rings. The van der Waals surface area contributed by atoms with Gasteiger partial charge < -0.3 is 99.2 Å². The molecular weight excluding hydrogens is 933 g/mol. The second kappa shape index (κ2) is 22.9. The summed E-state index contributed by atoms with van der Waals surface area (Å²) >= 11 is 0. The van der Waals surface area contributed by atoms with E-state index in [-0.39, 0.29) is 11.5 Å². The molecule has 3 saturated carbocycles. The van der Waals surface area contributed by atoms with Crippen LogP contribution in [0.25, 0.3) is 0 Å². The Bertz CT molecular complexity index is 1760. The molecule has 0 aromatic rings. The fourth-order valence-electron chi connectivity index (χ4n) is 14.5. The highest BCUT2D eigenvalue weighted by molar-refractivity contribution is 5.25. The number of ether oxygens (including phenoxy) is 8. The Morgan fingerprint density at radius 3 is 1.73 bits per heavy atom. The summed E-state index contributed by atoms with van der Waals surface area (Å²) in [5.41, 5.74) is 1.79. The Kier molecular flexibility index (Phi) is 18.1. The van der Waals surface area contributed by atoms with E-state index in [1.165, 1.54) is 57.4 Å². The fourth-order valence-corrected chi connectivity index (χ4v) is 14.5. The van der Waals surface area contributed by atoms with Gasteiger partial charge in [0.15, 0.2) is 25.2 Å². The van der Waals surface area contributed by atoms with Gasteiger partial charge in [0.2, 0.25) is 0 Å². The van der Waals surface area contributed by atoms with Crippen molar-refractivity contribution >= 4 is 0 Å². The number of aliphatic hydroxyl groups is 12. The van der Waals surface area contributed by atoms with Gasteiger partial charge in [0, 0.05) is 0 Å². The summed E-state index contributed by atoms with van der Waals surface area (Å²) in [7, 11) is 0. The molecule has 0 unspecified atom stereocenters. The number of hydrogen-bond acceptors (Lipinski definition) is 20. The number of allylic oxidation sites excluding steroid dienone is 1. The minimum atomic E-state index is -2.00. The Hall–Kier alpha value is -1.06. The van der Waals surface area contributed by atoms with Crippen LogP contribution in [0.15, 0.2) is 11.6 Å². The first-order chi connectivity index (χ1) is 33.7. The van der Waals surface area contributed by atoms with Crippen molar-refractivity contribution in [3.05, 3.63) is 11.6 Å². The molecular formula is C51H86O20. The second-order valence-corrected chi connectivity index (χ2v) is 23.4. The van der Waals surface area contributed by atoms with E-state index in [4.69, 9.17) is 37.9 Å². The smallest absolute Gasteiger partial charge is 0.187 e. The topological polar surface area (TPSA) is 317 Å². The van der Waals surface area contributed by atoms with Crippen LogP contribution in [0.5, 0.6) is 0 Å². The minimum Gasteiger partial charge on any atom is -0.394 e. The highest BCUT2D eigenvalue weighted by atomic mass is 16.8. The Balaban J connectivity index is 0.881. The molecule has 8 rings (SSSR count). The first kappa shape index (κ1) is 56.2. The normalized spacial score (nSPS) is 51.8. The van der Waals surface area contributed by atoms with E-state index in [0.717, 1.165) is 36.5 Å². The van der Waals surface area contributed by atoms with Crippen molar-refractivity contribution in [1.29, 1.82) is 0 Å². The van der Waals surface area contributed by atoms with Crippen LogP contribution < -0.4 is 0 Å². The molecule has 0 aromatic heterocycles. The Morgan fingerprint density at radius 2 is 1.11 bits per heavy atom. The van der Waals surface area contributed by atoms with E-state index in [9.17, 15) is 61.3 Å². The molecule has 4 heterocycles. The zero-order valence-electron chi connectivity index (χ0n) is 42.2. The van der Waals surface area contributed by atoms with Gasteiger partial charge in [-0.15, -0.1) is 0 Å². The van der Waals surface area contributed by atoms with Crippen LogP contribution in [0, 0.1) is 46.3 Å². The first-order valence-corrected chi connectivity index (χ1v) is 26.6. The van der Waals surface area contributed by atoms with Gasteiger partial charge >= 0.3 is 0 Å². The van der Waals surface area contributed by atoms with Crippen molar-refractivity contribution in [3.63, 3.8) is 0 Å². The third-order valence-corrected chi connectivity index (χ3v) is 18.7. The van der Waals surface area contributed by atoms with Gasteiger partial charge in [-0.1, -0.05) is 65.5 Å². The molecule has 71 heavy (non-hydrogen) atoms. The molecule has 0 bridgehead atoms. The predicted molar refractivity (Wildman–Crippen MR) is 248 cm³/mol. The molecule has 0 spiro atoms. The Labute approximate surface area is 417 Å². The summed E-state index contributed by atoms with van der Waals surface area (Å²) in [6.45, 7) is 11.1. The summed E-state index contributed by atoms with van der Waals surface area (Å²) in [5, 5.41) is 130. The number of fused-ring (bicyclic) bond motifs is 5. The molecule has 4 aliphatic heterocycles. The quantitative estimate of drug-likeness (QED) is 0.0885. The van der Waals surface area contributed by atoms with Gasteiger partial charge in [-0.05, 0) is 105 Å². The highest BCUT2D eigenvalue weighted by Gasteiger charge is 2.60. The van der Waals surface area contributed by atoms with Gasteiger partial charge in [0.1, 0.15) is 91.6 Å². The van der Waals surface area contributed by atoms with Crippen molar-refractivity contribution < 1.29 is 99.2 Å². The molecule has 20 nitrogen and oxygen atoms in total. The van der Waals surface area contributed by atoms with E-state index in [1.54, 1.807) is 0 Å². The number of aliphatic hydroxyl groups excluding tert-OH is 12. The summed E-state index contributed by atoms with van der Waals surface area (Å²) in [6.07, 6.45) is -18.7. The third-order valence-electron chi connectivity index (χ3n) is 18.7. The van der Waals surface area contributed by atoms with Crippen molar-refractivity contribution in [2.75, 3.05) is 19.8 Å². The second-order valence-electron chi connectivity index (χ2n) is 23.4. The van der Waals surface area contributed by atoms with E-state index in [0.29, 0.717) is 30.1 Å². The van der Waals surface area contributed by atoms with Crippen molar-refractivity contribution in [2.24, 2.45) is 46.3 Å². The van der Waals surface area contributed by atoms with Crippen LogP contribution in [0.3, 0.4) is 0 Å². The molecule has 0 aromatic carbocycles. The average Bonchev–Trinajstić information content (AvgIpc) is 3.71. The molecule has 28 atom stereocenters. The van der Waals surface area contributed by atoms with E-state index in [2.05, 4.69) is 40.7 Å². The molecule has 4 aliphatic carbocycles. The van der Waals surface area contributed by atoms with Crippen LogP contribution in [0.1, 0.15) is 112 Å². The zero-order chi connectivity index (χ0) is 51.4. The lowest BCUT2D eigenvalue weighted by Crippen LogP contribution is -2.67. The lowest BCUT2D eigenvalue weighted by molar-refractivity contribution is -0.395. The van der Waals surface area contributed by atoms with Crippen LogP contribution >= 0.6 is 0 Å². The van der Waals surface area contributed by atoms with Crippen molar-refractivity contribution in [2.45, 2.75) is 241 Å². The van der Waals surface area contributed by atoms with Gasteiger partial charge in [-0.25, -0.2) is 0 Å². The maximum atomic E-state index is 11.5. The van der Waals surface area contributed by atoms with Gasteiger partial charge in [-0.3, -0.25) is 0 Å². The molecule has 12 N–H and O–H groups in total. The summed E-state index contributed by atoms with van der Waals surface area (Å²) in [5.74, 6) is 4.23. The SMILES string of the molecule is CC(C)CCC[C@@H](C)[C@H]1CC[C@H]2[C@@H]3CC=C4C[C@@H](O[C@@H]5O[C@H](CO)[C@@H](O[C@@H]6O[C@H](CO)[C@H](O[C@H]7O[C@H](CO)[C@@H](O)[C@H](O)[C@H]7O[C@@H]7O[C@@H](C)[C@H](O)[C@@H](O)[C@H]7O)[C@H](O)[C@H]6O)[C@H](O)[C@H]5O)CC[C@]4(C)[C@H]3CC[C@]12C. The molecule has 20 heteroatoms. The van der Waals surface area contributed by atoms with E-state index in [1.807, 2.05) is 0 Å². The average molecular weight is 1020 g/mol. The molecule has 410 valence electrons.